The topological polar surface area (TPSA) is 110 Å². The molecule has 7 nitrogen and oxygen atoms in total. The largest absolute Gasteiger partial charge is 0.502 e. The van der Waals surface area contributed by atoms with Gasteiger partial charge in [-0.05, 0) is 37.3 Å². The molecule has 2 N–H and O–H groups in total. The van der Waals surface area contributed by atoms with Gasteiger partial charge in [-0.15, -0.1) is 0 Å². The van der Waals surface area contributed by atoms with Crippen molar-refractivity contribution >= 4 is 15.7 Å². The summed E-state index contributed by atoms with van der Waals surface area (Å²) in [5.74, 6) is -0.0831. The quantitative estimate of drug-likeness (QED) is 0.650. The van der Waals surface area contributed by atoms with Crippen molar-refractivity contribution in [3.05, 3.63) is 28.3 Å². The molecule has 2 unspecified atom stereocenters. The first-order chi connectivity index (χ1) is 9.29. The van der Waals surface area contributed by atoms with Gasteiger partial charge in [-0.3, -0.25) is 10.1 Å². The molecule has 1 aliphatic carbocycles. The fourth-order valence-corrected chi connectivity index (χ4v) is 3.72. The van der Waals surface area contributed by atoms with Crippen LogP contribution in [0.4, 0.5) is 5.69 Å². The monoisotopic (exact) mass is 300 g/mol. The maximum atomic E-state index is 12.2. The number of nitro groups is 1. The standard InChI is InChI=1S/C12H16N2O5S/c1-8-2-3-9(6-8)13-20(18,19)10-4-5-12(15)11(7-10)14(16)17/h4-5,7-9,13,15H,2-3,6H2,1H3. The second kappa shape index (κ2) is 5.37. The van der Waals surface area contributed by atoms with E-state index in [1.165, 1.54) is 0 Å². The zero-order chi connectivity index (χ0) is 14.9. The number of phenolic OH excluding ortho intramolecular Hbond substituents is 1. The zero-order valence-electron chi connectivity index (χ0n) is 10.9. The molecule has 0 bridgehead atoms. The number of hydrogen-bond acceptors (Lipinski definition) is 5. The normalized spacial score (nSPS) is 22.9. The van der Waals surface area contributed by atoms with Crippen molar-refractivity contribution in [1.29, 1.82) is 0 Å². The van der Waals surface area contributed by atoms with Crippen LogP contribution in [0.15, 0.2) is 23.1 Å². The molecule has 2 atom stereocenters. The second-order valence-corrected chi connectivity index (χ2v) is 6.86. The van der Waals surface area contributed by atoms with Crippen LogP contribution in [-0.2, 0) is 10.0 Å². The van der Waals surface area contributed by atoms with Gasteiger partial charge in [-0.25, -0.2) is 13.1 Å². The predicted octanol–water partition coefficient (Wildman–Crippen LogP) is 1.77. The van der Waals surface area contributed by atoms with Gasteiger partial charge in [0.05, 0.1) is 9.82 Å². The van der Waals surface area contributed by atoms with Crippen LogP contribution in [0.3, 0.4) is 0 Å². The van der Waals surface area contributed by atoms with Crippen LogP contribution in [0.5, 0.6) is 5.75 Å². The highest BCUT2D eigenvalue weighted by molar-refractivity contribution is 7.89. The number of aromatic hydroxyl groups is 1. The molecule has 0 spiro atoms. The number of nitrogens with zero attached hydrogens (tertiary/aromatic N) is 1. The van der Waals surface area contributed by atoms with Crippen molar-refractivity contribution in [1.82, 2.24) is 4.72 Å². The Bertz CT molecular complexity index is 629. The molecule has 0 radical (unpaired) electrons. The average Bonchev–Trinajstić information content (AvgIpc) is 2.73. The van der Waals surface area contributed by atoms with Crippen LogP contribution < -0.4 is 4.72 Å². The summed E-state index contributed by atoms with van der Waals surface area (Å²) in [7, 11) is -3.81. The highest BCUT2D eigenvalue weighted by Crippen LogP contribution is 2.30. The van der Waals surface area contributed by atoms with Crippen molar-refractivity contribution in [3.63, 3.8) is 0 Å². The minimum Gasteiger partial charge on any atom is -0.502 e. The van der Waals surface area contributed by atoms with Gasteiger partial charge >= 0.3 is 5.69 Å². The molecule has 0 amide bonds. The van der Waals surface area contributed by atoms with E-state index in [1.54, 1.807) is 0 Å². The van der Waals surface area contributed by atoms with Crippen molar-refractivity contribution in [2.24, 2.45) is 5.92 Å². The third kappa shape index (κ3) is 3.07. The minimum atomic E-state index is -3.81. The van der Waals surface area contributed by atoms with E-state index in [0.717, 1.165) is 37.5 Å². The molecule has 1 aromatic carbocycles. The SMILES string of the molecule is CC1CCC(NS(=O)(=O)c2ccc(O)c([N+](=O)[O-])c2)C1. The minimum absolute atomic E-state index is 0.136. The molecule has 20 heavy (non-hydrogen) atoms. The molecular weight excluding hydrogens is 284 g/mol. The Morgan fingerprint density at radius 1 is 1.40 bits per heavy atom. The zero-order valence-corrected chi connectivity index (χ0v) is 11.8. The van der Waals surface area contributed by atoms with Crippen LogP contribution in [-0.4, -0.2) is 24.5 Å². The lowest BCUT2D eigenvalue weighted by Crippen LogP contribution is -2.32. The number of rotatable bonds is 4. The van der Waals surface area contributed by atoms with E-state index in [0.29, 0.717) is 5.92 Å². The van der Waals surface area contributed by atoms with Crippen molar-refractivity contribution in [3.8, 4) is 5.75 Å². The summed E-state index contributed by atoms with van der Waals surface area (Å²) in [4.78, 5) is 9.70. The molecule has 1 fully saturated rings. The van der Waals surface area contributed by atoms with Crippen molar-refractivity contribution < 1.29 is 18.4 Å². The van der Waals surface area contributed by atoms with Gasteiger partial charge < -0.3 is 5.11 Å². The molecule has 1 saturated carbocycles. The fraction of sp³-hybridized carbons (Fsp3) is 0.500. The Morgan fingerprint density at radius 2 is 2.10 bits per heavy atom. The third-order valence-corrected chi connectivity index (χ3v) is 4.99. The van der Waals surface area contributed by atoms with Gasteiger partial charge in [0.25, 0.3) is 0 Å². The van der Waals surface area contributed by atoms with Crippen LogP contribution >= 0.6 is 0 Å². The third-order valence-electron chi connectivity index (χ3n) is 3.47. The van der Waals surface area contributed by atoms with Crippen LogP contribution in [0.2, 0.25) is 0 Å². The molecule has 2 rings (SSSR count). The summed E-state index contributed by atoms with van der Waals surface area (Å²) in [5, 5.41) is 20.1. The summed E-state index contributed by atoms with van der Waals surface area (Å²) in [6.07, 6.45) is 2.49. The average molecular weight is 300 g/mol. The summed E-state index contributed by atoms with van der Waals surface area (Å²) in [6, 6.07) is 2.91. The number of benzene rings is 1. The van der Waals surface area contributed by atoms with Gasteiger partial charge in [0.1, 0.15) is 0 Å². The predicted molar refractivity (Wildman–Crippen MR) is 71.9 cm³/mol. The smallest absolute Gasteiger partial charge is 0.312 e. The van der Waals surface area contributed by atoms with Gasteiger partial charge in [-0.1, -0.05) is 6.92 Å². The summed E-state index contributed by atoms with van der Waals surface area (Å²) in [5.41, 5.74) is -0.618. The van der Waals surface area contributed by atoms with E-state index >= 15 is 0 Å². The van der Waals surface area contributed by atoms with E-state index in [4.69, 9.17) is 0 Å². The molecule has 1 aliphatic rings. The number of nitro benzene ring substituents is 1. The molecule has 0 aliphatic heterocycles. The molecule has 1 aromatic rings. The first-order valence-corrected chi connectivity index (χ1v) is 7.77. The van der Waals surface area contributed by atoms with Crippen LogP contribution in [0.1, 0.15) is 26.2 Å². The summed E-state index contributed by atoms with van der Waals surface area (Å²) in [6.45, 7) is 2.06. The Labute approximate surface area is 116 Å². The maximum absolute atomic E-state index is 12.2. The van der Waals surface area contributed by atoms with E-state index < -0.39 is 26.4 Å². The molecule has 110 valence electrons. The Balaban J connectivity index is 2.25. The van der Waals surface area contributed by atoms with Gasteiger partial charge in [0.15, 0.2) is 5.75 Å². The van der Waals surface area contributed by atoms with Gasteiger partial charge in [-0.2, -0.15) is 0 Å². The van der Waals surface area contributed by atoms with Crippen LogP contribution in [0.25, 0.3) is 0 Å². The number of nitrogens with one attached hydrogen (secondary N) is 1. The Kier molecular flexibility index (Phi) is 3.96. The number of phenols is 1. The maximum Gasteiger partial charge on any atom is 0.312 e. The van der Waals surface area contributed by atoms with Gasteiger partial charge in [0, 0.05) is 12.1 Å². The summed E-state index contributed by atoms with van der Waals surface area (Å²) >= 11 is 0. The first kappa shape index (κ1) is 14.7. The lowest BCUT2D eigenvalue weighted by molar-refractivity contribution is -0.386. The highest BCUT2D eigenvalue weighted by Gasteiger charge is 2.28. The van der Waals surface area contributed by atoms with Crippen molar-refractivity contribution in [2.45, 2.75) is 37.1 Å². The Hall–Kier alpha value is -1.67. The molecular formula is C12H16N2O5S. The second-order valence-electron chi connectivity index (χ2n) is 5.14. The van der Waals surface area contributed by atoms with Crippen molar-refractivity contribution in [2.75, 3.05) is 0 Å². The van der Waals surface area contributed by atoms with E-state index in [-0.39, 0.29) is 10.9 Å². The number of sulfonamides is 1. The molecule has 0 aromatic heterocycles. The fourth-order valence-electron chi connectivity index (χ4n) is 2.42. The lowest BCUT2D eigenvalue weighted by atomic mass is 10.1. The molecule has 8 heteroatoms. The highest BCUT2D eigenvalue weighted by atomic mass is 32.2. The molecule has 0 saturated heterocycles. The summed E-state index contributed by atoms with van der Waals surface area (Å²) < 4.78 is 26.9. The van der Waals surface area contributed by atoms with E-state index in [2.05, 4.69) is 11.6 Å². The van der Waals surface area contributed by atoms with Crippen LogP contribution in [0, 0.1) is 16.0 Å². The number of hydrogen-bond donors (Lipinski definition) is 2. The van der Waals surface area contributed by atoms with E-state index in [1.807, 2.05) is 0 Å². The van der Waals surface area contributed by atoms with Gasteiger partial charge in [0.2, 0.25) is 10.0 Å². The van der Waals surface area contributed by atoms with E-state index in [9.17, 15) is 23.6 Å². The molecule has 0 heterocycles. The Morgan fingerprint density at radius 3 is 2.65 bits per heavy atom. The lowest BCUT2D eigenvalue weighted by Gasteiger charge is -2.13. The first-order valence-electron chi connectivity index (χ1n) is 6.29.